The van der Waals surface area contributed by atoms with Gasteiger partial charge < -0.3 is 10.2 Å². The number of nitrogens with zero attached hydrogens (tertiary/aromatic N) is 1. The molecule has 1 heterocycles. The Morgan fingerprint density at radius 3 is 2.67 bits per heavy atom. The van der Waals surface area contributed by atoms with Crippen LogP contribution in [0.15, 0.2) is 24.3 Å². The van der Waals surface area contributed by atoms with E-state index < -0.39 is 0 Å². The predicted octanol–water partition coefficient (Wildman–Crippen LogP) is 3.89. The molecular formula is C19H27ClN2O2. The maximum Gasteiger partial charge on any atom is 0.253 e. The molecule has 1 N–H and O–H groups in total. The Balaban J connectivity index is 1.83. The number of carbonyl (C=O) groups excluding carboxylic acids is 2. The van der Waals surface area contributed by atoms with Crippen molar-refractivity contribution < 1.29 is 9.59 Å². The second-order valence-electron chi connectivity index (χ2n) is 6.45. The first-order chi connectivity index (χ1) is 11.6. The number of nitrogens with one attached hydrogen (secondary N) is 1. The molecule has 1 aromatic rings. The first-order valence-electron chi connectivity index (χ1n) is 8.94. The highest BCUT2D eigenvalue weighted by molar-refractivity contribution is 6.30. The standard InChI is InChI=1S/C19H27ClN2O2/c1-2-3-4-5-12-21-18(23)16-7-6-13-22(14-16)19(24)15-8-10-17(20)11-9-15/h8-11,16H,2-7,12-14H2,1H3,(H,21,23). The molecule has 1 aromatic carbocycles. The van der Waals surface area contributed by atoms with Crippen LogP contribution in [-0.2, 0) is 4.79 Å². The van der Waals surface area contributed by atoms with Crippen LogP contribution in [0.25, 0.3) is 0 Å². The maximum absolute atomic E-state index is 12.6. The number of carbonyl (C=O) groups is 2. The summed E-state index contributed by atoms with van der Waals surface area (Å²) >= 11 is 5.87. The van der Waals surface area contributed by atoms with Gasteiger partial charge in [-0.1, -0.05) is 37.8 Å². The number of benzene rings is 1. The van der Waals surface area contributed by atoms with E-state index in [1.165, 1.54) is 12.8 Å². The number of hydrogen-bond donors (Lipinski definition) is 1. The lowest BCUT2D eigenvalue weighted by atomic mass is 9.96. The van der Waals surface area contributed by atoms with Crippen molar-refractivity contribution in [3.05, 3.63) is 34.9 Å². The highest BCUT2D eigenvalue weighted by atomic mass is 35.5. The lowest BCUT2D eigenvalue weighted by Gasteiger charge is -2.32. The zero-order chi connectivity index (χ0) is 17.4. The molecule has 0 aromatic heterocycles. The first-order valence-corrected chi connectivity index (χ1v) is 9.32. The Morgan fingerprint density at radius 1 is 1.21 bits per heavy atom. The Hall–Kier alpha value is -1.55. The van der Waals surface area contributed by atoms with Gasteiger partial charge in [0.15, 0.2) is 0 Å². The Bertz CT molecular complexity index is 545. The molecule has 24 heavy (non-hydrogen) atoms. The van der Waals surface area contributed by atoms with Crippen molar-refractivity contribution in [2.45, 2.75) is 45.4 Å². The highest BCUT2D eigenvalue weighted by Crippen LogP contribution is 2.20. The van der Waals surface area contributed by atoms with Crippen molar-refractivity contribution >= 4 is 23.4 Å². The van der Waals surface area contributed by atoms with Gasteiger partial charge in [-0.15, -0.1) is 0 Å². The summed E-state index contributed by atoms with van der Waals surface area (Å²) in [5.41, 5.74) is 0.625. The van der Waals surface area contributed by atoms with Crippen molar-refractivity contribution in [1.82, 2.24) is 10.2 Å². The molecule has 1 aliphatic rings. The van der Waals surface area contributed by atoms with E-state index in [1.807, 2.05) is 0 Å². The third-order valence-corrected chi connectivity index (χ3v) is 4.75. The Labute approximate surface area is 149 Å². The van der Waals surface area contributed by atoms with E-state index in [0.29, 0.717) is 23.7 Å². The molecule has 0 aliphatic carbocycles. The normalized spacial score (nSPS) is 17.6. The quantitative estimate of drug-likeness (QED) is 0.758. The summed E-state index contributed by atoms with van der Waals surface area (Å²) in [4.78, 5) is 26.7. The fourth-order valence-corrected chi connectivity index (χ4v) is 3.18. The molecule has 2 amide bonds. The summed E-state index contributed by atoms with van der Waals surface area (Å²) < 4.78 is 0. The fraction of sp³-hybridized carbons (Fsp3) is 0.579. The Kier molecular flexibility index (Phi) is 7.57. The van der Waals surface area contributed by atoms with Gasteiger partial charge in [0.05, 0.1) is 5.92 Å². The first kappa shape index (κ1) is 18.8. The Morgan fingerprint density at radius 2 is 1.96 bits per heavy atom. The van der Waals surface area contributed by atoms with Crippen LogP contribution >= 0.6 is 11.6 Å². The number of hydrogen-bond acceptors (Lipinski definition) is 2. The summed E-state index contributed by atoms with van der Waals surface area (Å²) in [6.07, 6.45) is 6.31. The van der Waals surface area contributed by atoms with Crippen LogP contribution in [0.3, 0.4) is 0 Å². The molecular weight excluding hydrogens is 324 g/mol. The molecule has 1 unspecified atom stereocenters. The molecule has 0 radical (unpaired) electrons. The van der Waals surface area contributed by atoms with E-state index in [-0.39, 0.29) is 17.7 Å². The zero-order valence-electron chi connectivity index (χ0n) is 14.4. The number of amides is 2. The van der Waals surface area contributed by atoms with Gasteiger partial charge >= 0.3 is 0 Å². The van der Waals surface area contributed by atoms with Gasteiger partial charge in [-0.3, -0.25) is 9.59 Å². The van der Waals surface area contributed by atoms with Crippen molar-refractivity contribution in [1.29, 1.82) is 0 Å². The summed E-state index contributed by atoms with van der Waals surface area (Å²) in [6.45, 7) is 4.12. The van der Waals surface area contributed by atoms with E-state index >= 15 is 0 Å². The molecule has 1 saturated heterocycles. The van der Waals surface area contributed by atoms with Crippen LogP contribution in [0.5, 0.6) is 0 Å². The van der Waals surface area contributed by atoms with Gasteiger partial charge in [-0.25, -0.2) is 0 Å². The second kappa shape index (κ2) is 9.67. The van der Waals surface area contributed by atoms with Gasteiger partial charge in [0.1, 0.15) is 0 Å². The van der Waals surface area contributed by atoms with E-state index in [0.717, 1.165) is 32.2 Å². The number of piperidine rings is 1. The van der Waals surface area contributed by atoms with Crippen LogP contribution in [0.1, 0.15) is 55.8 Å². The topological polar surface area (TPSA) is 49.4 Å². The number of likely N-dealkylation sites (tertiary alicyclic amines) is 1. The van der Waals surface area contributed by atoms with Crippen molar-refractivity contribution in [2.75, 3.05) is 19.6 Å². The molecule has 0 bridgehead atoms. The lowest BCUT2D eigenvalue weighted by molar-refractivity contribution is -0.126. The molecule has 132 valence electrons. The van der Waals surface area contributed by atoms with Gasteiger partial charge in [-0.05, 0) is 43.5 Å². The van der Waals surface area contributed by atoms with Gasteiger partial charge in [0, 0.05) is 30.2 Å². The van der Waals surface area contributed by atoms with Crippen LogP contribution in [0.2, 0.25) is 5.02 Å². The predicted molar refractivity (Wildman–Crippen MR) is 97.2 cm³/mol. The largest absolute Gasteiger partial charge is 0.356 e. The van der Waals surface area contributed by atoms with Gasteiger partial charge in [0.2, 0.25) is 5.91 Å². The number of unbranched alkanes of at least 4 members (excludes halogenated alkanes) is 3. The van der Waals surface area contributed by atoms with E-state index in [1.54, 1.807) is 29.2 Å². The van der Waals surface area contributed by atoms with Crippen LogP contribution < -0.4 is 5.32 Å². The maximum atomic E-state index is 12.6. The molecule has 0 spiro atoms. The smallest absolute Gasteiger partial charge is 0.253 e. The average Bonchev–Trinajstić information content (AvgIpc) is 2.61. The summed E-state index contributed by atoms with van der Waals surface area (Å²) in [7, 11) is 0. The molecule has 4 nitrogen and oxygen atoms in total. The van der Waals surface area contributed by atoms with Crippen LogP contribution in [0.4, 0.5) is 0 Å². The second-order valence-corrected chi connectivity index (χ2v) is 6.89. The summed E-state index contributed by atoms with van der Waals surface area (Å²) in [6, 6.07) is 6.92. The summed E-state index contributed by atoms with van der Waals surface area (Å²) in [5.74, 6) is -0.0339. The zero-order valence-corrected chi connectivity index (χ0v) is 15.1. The lowest BCUT2D eigenvalue weighted by Crippen LogP contribution is -2.45. The summed E-state index contributed by atoms with van der Waals surface area (Å²) in [5, 5.41) is 3.64. The SMILES string of the molecule is CCCCCCNC(=O)C1CCCN(C(=O)c2ccc(Cl)cc2)C1. The molecule has 2 rings (SSSR count). The van der Waals surface area contributed by atoms with E-state index in [4.69, 9.17) is 11.6 Å². The monoisotopic (exact) mass is 350 g/mol. The van der Waals surface area contributed by atoms with Gasteiger partial charge in [0.25, 0.3) is 5.91 Å². The van der Waals surface area contributed by atoms with Crippen molar-refractivity contribution in [3.8, 4) is 0 Å². The third-order valence-electron chi connectivity index (χ3n) is 4.50. The minimum Gasteiger partial charge on any atom is -0.356 e. The van der Waals surface area contributed by atoms with Crippen LogP contribution in [0, 0.1) is 5.92 Å². The van der Waals surface area contributed by atoms with E-state index in [2.05, 4.69) is 12.2 Å². The highest BCUT2D eigenvalue weighted by Gasteiger charge is 2.28. The molecule has 1 atom stereocenters. The number of rotatable bonds is 7. The van der Waals surface area contributed by atoms with Gasteiger partial charge in [-0.2, -0.15) is 0 Å². The molecule has 5 heteroatoms. The van der Waals surface area contributed by atoms with E-state index in [9.17, 15) is 9.59 Å². The third kappa shape index (κ3) is 5.52. The minimum atomic E-state index is -0.0961. The molecule has 1 aliphatic heterocycles. The van der Waals surface area contributed by atoms with Crippen molar-refractivity contribution in [2.24, 2.45) is 5.92 Å². The van der Waals surface area contributed by atoms with Crippen molar-refractivity contribution in [3.63, 3.8) is 0 Å². The fourth-order valence-electron chi connectivity index (χ4n) is 3.06. The average molecular weight is 351 g/mol. The molecule has 0 saturated carbocycles. The van der Waals surface area contributed by atoms with Crippen LogP contribution in [-0.4, -0.2) is 36.3 Å². The molecule has 1 fully saturated rings. The number of halogens is 1. The minimum absolute atomic E-state index is 0.0212.